The Morgan fingerprint density at radius 1 is 1.25 bits per heavy atom. The number of hydrogen-bond acceptors (Lipinski definition) is 6. The van der Waals surface area contributed by atoms with Crippen molar-refractivity contribution in [1.82, 2.24) is 30.0 Å². The number of nitrogens with zero attached hydrogens (tertiary/aromatic N) is 7. The van der Waals surface area contributed by atoms with Gasteiger partial charge >= 0.3 is 0 Å². The largest absolute Gasteiger partial charge is 0.293 e. The molecule has 1 aliphatic rings. The molecule has 0 aromatic carbocycles. The van der Waals surface area contributed by atoms with E-state index in [2.05, 4.69) is 31.3 Å². The van der Waals surface area contributed by atoms with Gasteiger partial charge in [0.15, 0.2) is 5.82 Å². The lowest BCUT2D eigenvalue weighted by atomic mass is 10.3. The Hall–Kier alpha value is -1.52. The average Bonchev–Trinajstić information content (AvgIpc) is 2.67. The van der Waals surface area contributed by atoms with E-state index >= 15 is 0 Å². The minimum Gasteiger partial charge on any atom is -0.293 e. The van der Waals surface area contributed by atoms with E-state index in [4.69, 9.17) is 5.26 Å². The average molecular weight is 221 g/mol. The summed E-state index contributed by atoms with van der Waals surface area (Å²) < 4.78 is 0. The summed E-state index contributed by atoms with van der Waals surface area (Å²) in [6.45, 7) is 5.06. The van der Waals surface area contributed by atoms with Gasteiger partial charge in [-0.15, -0.1) is 10.2 Å². The van der Waals surface area contributed by atoms with Crippen LogP contribution in [0.15, 0.2) is 0 Å². The number of hydrogen-bond donors (Lipinski definition) is 0. The second kappa shape index (κ2) is 5.01. The van der Waals surface area contributed by atoms with Crippen LogP contribution in [0.4, 0.5) is 0 Å². The summed E-state index contributed by atoms with van der Waals surface area (Å²) in [5.41, 5.74) is 0. The fourth-order valence-corrected chi connectivity index (χ4v) is 1.79. The van der Waals surface area contributed by atoms with E-state index in [1.165, 1.54) is 4.80 Å². The lowest BCUT2D eigenvalue weighted by Gasteiger charge is -2.32. The third-order valence-corrected chi connectivity index (χ3v) is 2.67. The topological polar surface area (TPSA) is 73.9 Å². The number of rotatable bonds is 3. The van der Waals surface area contributed by atoms with Gasteiger partial charge in [-0.3, -0.25) is 9.80 Å². The number of piperazine rings is 1. The van der Waals surface area contributed by atoms with Gasteiger partial charge in [-0.25, -0.2) is 0 Å². The molecule has 0 aliphatic carbocycles. The van der Waals surface area contributed by atoms with Crippen LogP contribution in [-0.4, -0.2) is 62.7 Å². The standard InChI is InChI=1S/C9H15N7/c1-14-12-9(11-13-14)8-16-6-4-15(3-2-10)5-7-16/h3-8H2,1H3. The molecule has 0 atom stereocenters. The molecule has 0 bridgehead atoms. The molecular formula is C9H15N7. The zero-order valence-corrected chi connectivity index (χ0v) is 9.37. The quantitative estimate of drug-likeness (QED) is 0.600. The van der Waals surface area contributed by atoms with Gasteiger partial charge in [0.1, 0.15) is 0 Å². The SMILES string of the molecule is Cn1nnc(CN2CCN(CC#N)CC2)n1. The van der Waals surface area contributed by atoms with Gasteiger partial charge in [0.05, 0.1) is 26.2 Å². The second-order valence-corrected chi connectivity index (χ2v) is 3.91. The van der Waals surface area contributed by atoms with Crippen molar-refractivity contribution in [2.24, 2.45) is 7.05 Å². The van der Waals surface area contributed by atoms with Gasteiger partial charge in [0.25, 0.3) is 0 Å². The maximum atomic E-state index is 8.59. The maximum absolute atomic E-state index is 8.59. The van der Waals surface area contributed by atoms with Gasteiger partial charge in [0, 0.05) is 26.2 Å². The predicted molar refractivity (Wildman–Crippen MR) is 56.1 cm³/mol. The van der Waals surface area contributed by atoms with Crippen LogP contribution in [0.25, 0.3) is 0 Å². The Bertz CT molecular complexity index is 371. The van der Waals surface area contributed by atoms with E-state index in [1.54, 1.807) is 7.05 Å². The summed E-state index contributed by atoms with van der Waals surface area (Å²) in [4.78, 5) is 5.91. The van der Waals surface area contributed by atoms with Crippen LogP contribution in [0, 0.1) is 11.3 Å². The normalized spacial score (nSPS) is 18.5. The molecule has 0 spiro atoms. The van der Waals surface area contributed by atoms with Crippen LogP contribution < -0.4 is 0 Å². The fraction of sp³-hybridized carbons (Fsp3) is 0.778. The molecule has 2 rings (SSSR count). The van der Waals surface area contributed by atoms with E-state index in [9.17, 15) is 0 Å². The highest BCUT2D eigenvalue weighted by molar-refractivity contribution is 4.83. The molecule has 86 valence electrons. The zero-order chi connectivity index (χ0) is 11.4. The number of tetrazole rings is 1. The molecule has 1 saturated heterocycles. The lowest BCUT2D eigenvalue weighted by Crippen LogP contribution is -2.46. The third-order valence-electron chi connectivity index (χ3n) is 2.67. The molecule has 1 fully saturated rings. The molecule has 1 aliphatic heterocycles. The van der Waals surface area contributed by atoms with Crippen LogP contribution >= 0.6 is 0 Å². The molecule has 7 heteroatoms. The molecule has 0 saturated carbocycles. The Labute approximate surface area is 94.2 Å². The van der Waals surface area contributed by atoms with Gasteiger partial charge in [-0.1, -0.05) is 0 Å². The highest BCUT2D eigenvalue weighted by Crippen LogP contribution is 2.04. The minimum atomic E-state index is 0.525. The van der Waals surface area contributed by atoms with Crippen LogP contribution in [0.2, 0.25) is 0 Å². The molecule has 1 aromatic heterocycles. The van der Waals surface area contributed by atoms with Gasteiger partial charge in [-0.05, 0) is 5.21 Å². The van der Waals surface area contributed by atoms with E-state index < -0.39 is 0 Å². The molecule has 0 unspecified atom stereocenters. The van der Waals surface area contributed by atoms with E-state index in [0.717, 1.165) is 38.5 Å². The van der Waals surface area contributed by atoms with Crippen molar-refractivity contribution in [2.75, 3.05) is 32.7 Å². The Balaban J connectivity index is 1.79. The molecule has 1 aromatic rings. The first-order valence-electron chi connectivity index (χ1n) is 5.32. The smallest absolute Gasteiger partial charge is 0.188 e. The molecule has 7 nitrogen and oxygen atoms in total. The van der Waals surface area contributed by atoms with Crippen LogP contribution in [-0.2, 0) is 13.6 Å². The molecule has 0 N–H and O–H groups in total. The minimum absolute atomic E-state index is 0.525. The van der Waals surface area contributed by atoms with E-state index in [-0.39, 0.29) is 0 Å². The number of nitriles is 1. The summed E-state index contributed by atoms with van der Waals surface area (Å²) in [7, 11) is 1.77. The molecule has 2 heterocycles. The van der Waals surface area contributed by atoms with Crippen molar-refractivity contribution in [3.8, 4) is 6.07 Å². The van der Waals surface area contributed by atoms with Crippen LogP contribution in [0.1, 0.15) is 5.82 Å². The van der Waals surface area contributed by atoms with Crippen molar-refractivity contribution < 1.29 is 0 Å². The first-order valence-corrected chi connectivity index (χ1v) is 5.32. The maximum Gasteiger partial charge on any atom is 0.188 e. The summed E-state index contributed by atoms with van der Waals surface area (Å²) in [5.74, 6) is 0.760. The van der Waals surface area contributed by atoms with Crippen molar-refractivity contribution in [1.29, 1.82) is 5.26 Å². The Morgan fingerprint density at radius 3 is 2.50 bits per heavy atom. The van der Waals surface area contributed by atoms with Crippen LogP contribution in [0.5, 0.6) is 0 Å². The second-order valence-electron chi connectivity index (χ2n) is 3.91. The van der Waals surface area contributed by atoms with Gasteiger partial charge < -0.3 is 0 Å². The zero-order valence-electron chi connectivity index (χ0n) is 9.37. The lowest BCUT2D eigenvalue weighted by molar-refractivity contribution is 0.135. The Kier molecular flexibility index (Phi) is 3.44. The van der Waals surface area contributed by atoms with Crippen molar-refractivity contribution in [3.05, 3.63) is 5.82 Å². The molecule has 0 amide bonds. The van der Waals surface area contributed by atoms with Crippen molar-refractivity contribution in [3.63, 3.8) is 0 Å². The van der Waals surface area contributed by atoms with Gasteiger partial charge in [0.2, 0.25) is 0 Å². The van der Waals surface area contributed by atoms with E-state index in [1.807, 2.05) is 0 Å². The first-order chi connectivity index (χ1) is 7.78. The van der Waals surface area contributed by atoms with Crippen LogP contribution in [0.3, 0.4) is 0 Å². The molecular weight excluding hydrogens is 206 g/mol. The number of aryl methyl sites for hydroxylation is 1. The molecule has 16 heavy (non-hydrogen) atoms. The number of aromatic nitrogens is 4. The summed E-state index contributed by atoms with van der Waals surface area (Å²) in [6, 6.07) is 2.17. The fourth-order valence-electron chi connectivity index (χ4n) is 1.79. The predicted octanol–water partition coefficient (Wildman–Crippen LogP) is -1.15. The van der Waals surface area contributed by atoms with Crippen molar-refractivity contribution in [2.45, 2.75) is 6.54 Å². The first kappa shape index (κ1) is 11.0. The Morgan fingerprint density at radius 2 is 1.94 bits per heavy atom. The highest BCUT2D eigenvalue weighted by Gasteiger charge is 2.17. The van der Waals surface area contributed by atoms with Gasteiger partial charge in [-0.2, -0.15) is 10.1 Å². The monoisotopic (exact) mass is 221 g/mol. The summed E-state index contributed by atoms with van der Waals surface area (Å²) in [5, 5.41) is 20.5. The summed E-state index contributed by atoms with van der Waals surface area (Å²) >= 11 is 0. The third kappa shape index (κ3) is 2.74. The summed E-state index contributed by atoms with van der Waals surface area (Å²) in [6.07, 6.45) is 0. The van der Waals surface area contributed by atoms with Crippen molar-refractivity contribution >= 4 is 0 Å². The van der Waals surface area contributed by atoms with E-state index in [0.29, 0.717) is 6.54 Å². The molecule has 0 radical (unpaired) electrons. The highest BCUT2D eigenvalue weighted by atomic mass is 15.6.